The van der Waals surface area contributed by atoms with Crippen LogP contribution in [0.5, 0.6) is 5.88 Å². The molecule has 146 valence electrons. The van der Waals surface area contributed by atoms with Crippen LogP contribution in [0, 0.1) is 5.82 Å². The second-order valence-electron chi connectivity index (χ2n) is 6.37. The first kappa shape index (κ1) is 18.9. The van der Waals surface area contributed by atoms with E-state index >= 15 is 0 Å². The van der Waals surface area contributed by atoms with Gasteiger partial charge in [0.25, 0.3) is 0 Å². The summed E-state index contributed by atoms with van der Waals surface area (Å²) < 4.78 is 24.3. The smallest absolute Gasteiger partial charge is 0.213 e. The predicted molar refractivity (Wildman–Crippen MR) is 107 cm³/mol. The van der Waals surface area contributed by atoms with Crippen molar-refractivity contribution in [2.45, 2.75) is 13.0 Å². The number of hydrogen-bond donors (Lipinski definition) is 1. The van der Waals surface area contributed by atoms with Crippen molar-refractivity contribution in [1.29, 1.82) is 0 Å². The Morgan fingerprint density at radius 1 is 1.07 bits per heavy atom. The van der Waals surface area contributed by atoms with Crippen molar-refractivity contribution in [3.8, 4) is 17.2 Å². The van der Waals surface area contributed by atoms with Gasteiger partial charge in [-0.2, -0.15) is 0 Å². The third kappa shape index (κ3) is 4.70. The van der Waals surface area contributed by atoms with E-state index in [0.717, 1.165) is 11.3 Å². The summed E-state index contributed by atoms with van der Waals surface area (Å²) in [6, 6.07) is 13.3. The van der Waals surface area contributed by atoms with E-state index in [9.17, 15) is 4.39 Å². The highest BCUT2D eigenvalue weighted by Gasteiger charge is 2.11. The standard InChI is InChI=1S/C21H16ClFN4O2/c22-15-6-14(7-16(23)9-15)12-28-20-4-3-13(11-26-20)8-17-10-19(29-27-17)18-2-1-5-25-21(18)24/h1-7,9-11H,8,12H2,(H2,24,25). The van der Waals surface area contributed by atoms with Crippen LogP contribution >= 0.6 is 11.6 Å². The Bertz CT molecular complexity index is 1110. The molecular formula is C21H16ClFN4O2. The molecule has 1 aromatic carbocycles. The number of halogens is 2. The van der Waals surface area contributed by atoms with Gasteiger partial charge in [0.05, 0.1) is 11.3 Å². The fraction of sp³-hybridized carbons (Fsp3) is 0.0952. The van der Waals surface area contributed by atoms with Gasteiger partial charge in [-0.25, -0.2) is 14.4 Å². The number of hydrogen-bond acceptors (Lipinski definition) is 6. The van der Waals surface area contributed by atoms with E-state index in [0.29, 0.717) is 40.0 Å². The fourth-order valence-electron chi connectivity index (χ4n) is 2.81. The molecule has 0 unspecified atom stereocenters. The highest BCUT2D eigenvalue weighted by Crippen LogP contribution is 2.25. The maximum atomic E-state index is 13.4. The summed E-state index contributed by atoms with van der Waals surface area (Å²) in [6.45, 7) is 0.170. The first-order valence-corrected chi connectivity index (χ1v) is 9.14. The van der Waals surface area contributed by atoms with Crippen molar-refractivity contribution in [1.82, 2.24) is 15.1 Å². The molecule has 0 radical (unpaired) electrons. The molecule has 0 aliphatic heterocycles. The van der Waals surface area contributed by atoms with Crippen LogP contribution in [0.4, 0.5) is 10.2 Å². The summed E-state index contributed by atoms with van der Waals surface area (Å²) in [5.74, 6) is 0.975. The zero-order valence-electron chi connectivity index (χ0n) is 15.2. The van der Waals surface area contributed by atoms with Crippen LogP contribution < -0.4 is 10.5 Å². The van der Waals surface area contributed by atoms with Crippen molar-refractivity contribution >= 4 is 17.4 Å². The Labute approximate surface area is 171 Å². The molecule has 0 bridgehead atoms. The van der Waals surface area contributed by atoms with E-state index in [1.807, 2.05) is 18.2 Å². The normalized spacial score (nSPS) is 10.8. The molecule has 0 saturated heterocycles. The number of nitrogen functional groups attached to an aromatic ring is 1. The van der Waals surface area contributed by atoms with Gasteiger partial charge in [0.1, 0.15) is 18.2 Å². The number of aromatic nitrogens is 3. The van der Waals surface area contributed by atoms with E-state index in [-0.39, 0.29) is 6.61 Å². The predicted octanol–water partition coefficient (Wildman–Crippen LogP) is 4.68. The monoisotopic (exact) mass is 410 g/mol. The molecular weight excluding hydrogens is 395 g/mol. The maximum Gasteiger partial charge on any atom is 0.213 e. The average molecular weight is 411 g/mol. The molecule has 0 saturated carbocycles. The van der Waals surface area contributed by atoms with Gasteiger partial charge in [-0.05, 0) is 41.5 Å². The molecule has 0 amide bonds. The van der Waals surface area contributed by atoms with Crippen LogP contribution in [0.15, 0.2) is 65.4 Å². The van der Waals surface area contributed by atoms with Gasteiger partial charge in [-0.1, -0.05) is 22.8 Å². The van der Waals surface area contributed by atoms with Crippen molar-refractivity contribution in [2.75, 3.05) is 5.73 Å². The second-order valence-corrected chi connectivity index (χ2v) is 6.80. The fourth-order valence-corrected chi connectivity index (χ4v) is 3.05. The number of benzene rings is 1. The molecule has 0 spiro atoms. The van der Waals surface area contributed by atoms with Gasteiger partial charge in [-0.15, -0.1) is 0 Å². The Kier molecular flexibility index (Phi) is 5.39. The molecule has 8 heteroatoms. The molecule has 3 aromatic heterocycles. The lowest BCUT2D eigenvalue weighted by molar-refractivity contribution is 0.293. The van der Waals surface area contributed by atoms with Gasteiger partial charge in [0.15, 0.2) is 5.76 Å². The van der Waals surface area contributed by atoms with E-state index < -0.39 is 5.82 Å². The van der Waals surface area contributed by atoms with E-state index in [1.54, 1.807) is 30.6 Å². The summed E-state index contributed by atoms with van der Waals surface area (Å²) in [7, 11) is 0. The third-order valence-corrected chi connectivity index (χ3v) is 4.37. The van der Waals surface area contributed by atoms with Gasteiger partial charge in [0.2, 0.25) is 5.88 Å². The Morgan fingerprint density at radius 3 is 2.72 bits per heavy atom. The van der Waals surface area contributed by atoms with Crippen molar-refractivity contribution in [2.24, 2.45) is 0 Å². The molecule has 4 aromatic rings. The van der Waals surface area contributed by atoms with E-state index in [2.05, 4.69) is 15.1 Å². The lowest BCUT2D eigenvalue weighted by Crippen LogP contribution is -1.98. The SMILES string of the molecule is Nc1ncccc1-c1cc(Cc2ccc(OCc3cc(F)cc(Cl)c3)nc2)no1. The van der Waals surface area contributed by atoms with Crippen LogP contribution in [0.1, 0.15) is 16.8 Å². The number of rotatable bonds is 6. The molecule has 0 aliphatic rings. The largest absolute Gasteiger partial charge is 0.473 e. The molecule has 0 fully saturated rings. The van der Waals surface area contributed by atoms with Gasteiger partial charge >= 0.3 is 0 Å². The zero-order valence-corrected chi connectivity index (χ0v) is 15.9. The second kappa shape index (κ2) is 8.28. The molecule has 4 rings (SSSR count). The lowest BCUT2D eigenvalue weighted by atomic mass is 10.1. The molecule has 0 atom stereocenters. The van der Waals surface area contributed by atoms with Crippen LogP contribution in [-0.2, 0) is 13.0 Å². The topological polar surface area (TPSA) is 87.1 Å². The average Bonchev–Trinajstić information content (AvgIpc) is 3.15. The van der Waals surface area contributed by atoms with E-state index in [4.69, 9.17) is 26.6 Å². The summed E-state index contributed by atoms with van der Waals surface area (Å²) in [6.07, 6.45) is 3.85. The highest BCUT2D eigenvalue weighted by molar-refractivity contribution is 6.30. The Morgan fingerprint density at radius 2 is 1.97 bits per heavy atom. The van der Waals surface area contributed by atoms with Crippen LogP contribution in [0.3, 0.4) is 0 Å². The van der Waals surface area contributed by atoms with Crippen LogP contribution in [-0.4, -0.2) is 15.1 Å². The number of pyridine rings is 2. The third-order valence-electron chi connectivity index (χ3n) is 4.15. The number of anilines is 1. The maximum absolute atomic E-state index is 13.4. The molecule has 6 nitrogen and oxygen atoms in total. The molecule has 29 heavy (non-hydrogen) atoms. The van der Waals surface area contributed by atoms with Gasteiger partial charge in [-0.3, -0.25) is 0 Å². The number of nitrogens with two attached hydrogens (primary N) is 1. The zero-order chi connectivity index (χ0) is 20.2. The summed E-state index contributed by atoms with van der Waals surface area (Å²) in [5, 5.41) is 4.40. The number of ether oxygens (including phenoxy) is 1. The minimum Gasteiger partial charge on any atom is -0.473 e. The number of nitrogens with zero attached hydrogens (tertiary/aromatic N) is 3. The van der Waals surface area contributed by atoms with Crippen molar-refractivity contribution in [3.05, 3.63) is 88.6 Å². The summed E-state index contributed by atoms with van der Waals surface area (Å²) in [5.41, 5.74) is 8.88. The first-order valence-electron chi connectivity index (χ1n) is 8.76. The van der Waals surface area contributed by atoms with Crippen LogP contribution in [0.25, 0.3) is 11.3 Å². The summed E-state index contributed by atoms with van der Waals surface area (Å²) in [4.78, 5) is 8.32. The minimum atomic E-state index is -0.403. The molecule has 3 heterocycles. The summed E-state index contributed by atoms with van der Waals surface area (Å²) >= 11 is 5.84. The van der Waals surface area contributed by atoms with Gasteiger partial charge in [0, 0.05) is 36.0 Å². The quantitative estimate of drug-likeness (QED) is 0.496. The van der Waals surface area contributed by atoms with E-state index in [1.165, 1.54) is 12.1 Å². The Balaban J connectivity index is 1.39. The molecule has 2 N–H and O–H groups in total. The Hall–Kier alpha value is -3.45. The minimum absolute atomic E-state index is 0.170. The molecule has 0 aliphatic carbocycles. The highest BCUT2D eigenvalue weighted by atomic mass is 35.5. The lowest BCUT2D eigenvalue weighted by Gasteiger charge is -2.06. The van der Waals surface area contributed by atoms with Crippen LogP contribution in [0.2, 0.25) is 5.02 Å². The van der Waals surface area contributed by atoms with Crippen molar-refractivity contribution < 1.29 is 13.7 Å². The van der Waals surface area contributed by atoms with Gasteiger partial charge < -0.3 is 15.0 Å². The van der Waals surface area contributed by atoms with Crippen molar-refractivity contribution in [3.63, 3.8) is 0 Å². The first-order chi connectivity index (χ1) is 14.1.